The van der Waals surface area contributed by atoms with E-state index in [1.807, 2.05) is 11.0 Å². The molecule has 146 valence electrons. The van der Waals surface area contributed by atoms with Crippen molar-refractivity contribution in [2.75, 3.05) is 26.3 Å². The largest absolute Gasteiger partial charge is 0.486 e. The monoisotopic (exact) mass is 383 g/mol. The number of carbonyl (C=O) groups excluding carboxylic acids is 1. The predicted molar refractivity (Wildman–Crippen MR) is 101 cm³/mol. The van der Waals surface area contributed by atoms with Gasteiger partial charge in [0.2, 0.25) is 0 Å². The zero-order chi connectivity index (χ0) is 19.1. The molecule has 7 heteroatoms. The second-order valence-electron chi connectivity index (χ2n) is 7.46. The van der Waals surface area contributed by atoms with E-state index in [1.165, 1.54) is 6.07 Å². The fourth-order valence-corrected chi connectivity index (χ4v) is 4.38. The van der Waals surface area contributed by atoms with Gasteiger partial charge in [0.05, 0.1) is 6.04 Å². The number of hydrazine groups is 1. The van der Waals surface area contributed by atoms with Gasteiger partial charge in [-0.15, -0.1) is 0 Å². The summed E-state index contributed by atoms with van der Waals surface area (Å²) >= 11 is 0. The molecule has 6 nitrogen and oxygen atoms in total. The molecular weight excluding hydrogens is 361 g/mol. The molecule has 3 aliphatic heterocycles. The van der Waals surface area contributed by atoms with E-state index in [2.05, 4.69) is 10.9 Å². The smallest absolute Gasteiger partial charge is 0.254 e. The highest BCUT2D eigenvalue weighted by atomic mass is 19.1. The van der Waals surface area contributed by atoms with Gasteiger partial charge in [-0.2, -0.15) is 0 Å². The number of amides is 1. The Morgan fingerprint density at radius 1 is 1.07 bits per heavy atom. The average Bonchev–Trinajstić information content (AvgIpc) is 3.16. The topological polar surface area (TPSA) is 62.8 Å². The molecule has 0 spiro atoms. The Morgan fingerprint density at radius 3 is 2.75 bits per heavy atom. The van der Waals surface area contributed by atoms with Crippen molar-refractivity contribution in [3.8, 4) is 11.5 Å². The van der Waals surface area contributed by atoms with E-state index in [1.54, 1.807) is 30.3 Å². The molecule has 0 aromatic heterocycles. The summed E-state index contributed by atoms with van der Waals surface area (Å²) in [6, 6.07) is 12.2. The minimum Gasteiger partial charge on any atom is -0.486 e. The van der Waals surface area contributed by atoms with Gasteiger partial charge in [0.25, 0.3) is 5.91 Å². The van der Waals surface area contributed by atoms with Crippen LogP contribution in [0.5, 0.6) is 11.5 Å². The summed E-state index contributed by atoms with van der Waals surface area (Å²) in [7, 11) is 0. The van der Waals surface area contributed by atoms with Gasteiger partial charge >= 0.3 is 0 Å². The number of ether oxygens (including phenoxy) is 2. The molecule has 0 bridgehead atoms. The molecule has 3 aliphatic rings. The number of fused-ring (bicyclic) bond motifs is 2. The van der Waals surface area contributed by atoms with Crippen molar-refractivity contribution in [3.05, 3.63) is 59.4 Å². The van der Waals surface area contributed by atoms with E-state index >= 15 is 0 Å². The summed E-state index contributed by atoms with van der Waals surface area (Å²) < 4.78 is 25.4. The molecule has 5 rings (SSSR count). The van der Waals surface area contributed by atoms with Crippen LogP contribution in [0, 0.1) is 11.7 Å². The normalized spacial score (nSPS) is 26.0. The van der Waals surface area contributed by atoms with Crippen molar-refractivity contribution in [1.29, 1.82) is 0 Å². The first kappa shape index (κ1) is 17.5. The zero-order valence-electron chi connectivity index (χ0n) is 15.4. The quantitative estimate of drug-likeness (QED) is 0.833. The van der Waals surface area contributed by atoms with Crippen molar-refractivity contribution in [1.82, 2.24) is 15.8 Å². The standard InChI is InChI=1S/C21H22FN3O3/c22-16-4-2-1-3-14(16)20-15-12-25(8-7-17(15)23-24-20)21(26)13-5-6-18-19(11-13)28-10-9-27-18/h1-6,11,15,17,20,23-24H,7-10,12H2. The van der Waals surface area contributed by atoms with Crippen molar-refractivity contribution in [2.24, 2.45) is 5.92 Å². The van der Waals surface area contributed by atoms with E-state index in [9.17, 15) is 9.18 Å². The van der Waals surface area contributed by atoms with Gasteiger partial charge in [0, 0.05) is 36.2 Å². The Morgan fingerprint density at radius 2 is 1.89 bits per heavy atom. The van der Waals surface area contributed by atoms with Gasteiger partial charge in [-0.25, -0.2) is 9.82 Å². The fraction of sp³-hybridized carbons (Fsp3) is 0.381. The first-order valence-corrected chi connectivity index (χ1v) is 9.65. The van der Waals surface area contributed by atoms with Crippen molar-refractivity contribution in [3.63, 3.8) is 0 Å². The van der Waals surface area contributed by atoms with Crippen LogP contribution >= 0.6 is 0 Å². The second-order valence-corrected chi connectivity index (χ2v) is 7.46. The third kappa shape index (κ3) is 3.00. The lowest BCUT2D eigenvalue weighted by Crippen LogP contribution is -2.47. The minimum absolute atomic E-state index is 0.0328. The summed E-state index contributed by atoms with van der Waals surface area (Å²) in [6.45, 7) is 2.23. The predicted octanol–water partition coefficient (Wildman–Crippen LogP) is 2.28. The van der Waals surface area contributed by atoms with Crippen LogP contribution in [0.2, 0.25) is 0 Å². The van der Waals surface area contributed by atoms with Crippen LogP contribution in [0.1, 0.15) is 28.4 Å². The highest BCUT2D eigenvalue weighted by Gasteiger charge is 2.42. The number of likely N-dealkylation sites (tertiary alicyclic amines) is 1. The van der Waals surface area contributed by atoms with Gasteiger partial charge in [0.15, 0.2) is 11.5 Å². The highest BCUT2D eigenvalue weighted by Crippen LogP contribution is 2.36. The summed E-state index contributed by atoms with van der Waals surface area (Å²) in [4.78, 5) is 15.0. The Labute approximate surface area is 162 Å². The van der Waals surface area contributed by atoms with Crippen LogP contribution in [-0.4, -0.2) is 43.2 Å². The van der Waals surface area contributed by atoms with Crippen molar-refractivity contribution in [2.45, 2.75) is 18.5 Å². The lowest BCUT2D eigenvalue weighted by atomic mass is 9.84. The number of carbonyl (C=O) groups is 1. The molecule has 3 heterocycles. The molecular formula is C21H22FN3O3. The molecule has 28 heavy (non-hydrogen) atoms. The molecule has 2 aromatic carbocycles. The van der Waals surface area contributed by atoms with Crippen LogP contribution < -0.4 is 20.3 Å². The average molecular weight is 383 g/mol. The van der Waals surface area contributed by atoms with Crippen LogP contribution in [0.4, 0.5) is 4.39 Å². The van der Waals surface area contributed by atoms with E-state index in [4.69, 9.17) is 9.47 Å². The fourth-order valence-electron chi connectivity index (χ4n) is 4.38. The number of halogens is 1. The number of benzene rings is 2. The summed E-state index contributed by atoms with van der Waals surface area (Å²) in [5.74, 6) is 1.13. The van der Waals surface area contributed by atoms with Crippen molar-refractivity contribution < 1.29 is 18.7 Å². The molecule has 1 amide bonds. The van der Waals surface area contributed by atoms with Crippen LogP contribution in [0.15, 0.2) is 42.5 Å². The van der Waals surface area contributed by atoms with Gasteiger partial charge in [-0.05, 0) is 30.7 Å². The number of nitrogens with one attached hydrogen (secondary N) is 2. The molecule has 2 N–H and O–H groups in total. The molecule has 3 unspecified atom stereocenters. The first-order chi connectivity index (χ1) is 13.7. The van der Waals surface area contributed by atoms with Gasteiger partial charge in [-0.1, -0.05) is 18.2 Å². The lowest BCUT2D eigenvalue weighted by Gasteiger charge is -2.36. The van der Waals surface area contributed by atoms with Crippen LogP contribution in [0.25, 0.3) is 0 Å². The van der Waals surface area contributed by atoms with Gasteiger partial charge < -0.3 is 14.4 Å². The Kier molecular flexibility index (Phi) is 4.41. The second kappa shape index (κ2) is 7.07. The van der Waals surface area contributed by atoms with E-state index < -0.39 is 0 Å². The summed E-state index contributed by atoms with van der Waals surface area (Å²) in [6.07, 6.45) is 0.818. The van der Waals surface area contributed by atoms with E-state index in [0.29, 0.717) is 48.9 Å². The molecule has 0 radical (unpaired) electrons. The molecule has 0 aliphatic carbocycles. The number of rotatable bonds is 2. The Bertz CT molecular complexity index is 906. The molecule has 0 saturated carbocycles. The zero-order valence-corrected chi connectivity index (χ0v) is 15.4. The van der Waals surface area contributed by atoms with Gasteiger partial charge in [-0.3, -0.25) is 10.2 Å². The molecule has 2 aromatic rings. The third-order valence-corrected chi connectivity index (χ3v) is 5.83. The minimum atomic E-state index is -0.224. The summed E-state index contributed by atoms with van der Waals surface area (Å²) in [5.41, 5.74) is 7.74. The number of piperidine rings is 1. The van der Waals surface area contributed by atoms with Gasteiger partial charge in [0.1, 0.15) is 19.0 Å². The molecule has 2 fully saturated rings. The Hall–Kier alpha value is -2.64. The summed E-state index contributed by atoms with van der Waals surface area (Å²) in [5, 5.41) is 0. The van der Waals surface area contributed by atoms with Crippen LogP contribution in [0.3, 0.4) is 0 Å². The number of hydrogen-bond donors (Lipinski definition) is 2. The van der Waals surface area contributed by atoms with Crippen LogP contribution in [-0.2, 0) is 0 Å². The number of hydrogen-bond acceptors (Lipinski definition) is 5. The lowest BCUT2D eigenvalue weighted by molar-refractivity contribution is 0.0651. The maximum Gasteiger partial charge on any atom is 0.254 e. The Balaban J connectivity index is 1.36. The maximum absolute atomic E-state index is 14.3. The van der Waals surface area contributed by atoms with Crippen molar-refractivity contribution >= 4 is 5.91 Å². The molecule has 2 saturated heterocycles. The highest BCUT2D eigenvalue weighted by molar-refractivity contribution is 5.95. The van der Waals surface area contributed by atoms with E-state index in [0.717, 1.165) is 6.42 Å². The van der Waals surface area contributed by atoms with E-state index in [-0.39, 0.29) is 29.7 Å². The first-order valence-electron chi connectivity index (χ1n) is 9.65. The SMILES string of the molecule is O=C(c1ccc2c(c1)OCCO2)N1CCC2NNC(c3ccccc3F)C2C1. The number of nitrogens with zero attached hydrogens (tertiary/aromatic N) is 1. The molecule has 3 atom stereocenters. The maximum atomic E-state index is 14.3. The third-order valence-electron chi connectivity index (χ3n) is 5.83.